The molecule has 1 amide bonds. The van der Waals surface area contributed by atoms with Gasteiger partial charge in [0.25, 0.3) is 5.91 Å². The molecule has 0 aliphatic carbocycles. The molecule has 0 bridgehead atoms. The van der Waals surface area contributed by atoms with Crippen LogP contribution >= 0.6 is 23.2 Å². The summed E-state index contributed by atoms with van der Waals surface area (Å²) in [6.45, 7) is 0. The van der Waals surface area contributed by atoms with Crippen molar-refractivity contribution in [2.45, 2.75) is 12.5 Å². The smallest absolute Gasteiger partial charge is 0.266 e. The van der Waals surface area contributed by atoms with Gasteiger partial charge in [-0.3, -0.25) is 9.80 Å². The van der Waals surface area contributed by atoms with Gasteiger partial charge in [-0.1, -0.05) is 23.2 Å². The van der Waals surface area contributed by atoms with Crippen LogP contribution in [0.25, 0.3) is 0 Å². The zero-order valence-electron chi connectivity index (χ0n) is 11.6. The Bertz CT molecular complexity index is 664. The van der Waals surface area contributed by atoms with Crippen LogP contribution in [0.3, 0.4) is 0 Å². The molecule has 116 valence electrons. The maximum Gasteiger partial charge on any atom is 0.288 e. The predicted octanol–water partition coefficient (Wildman–Crippen LogP) is 1.49. The molecule has 1 fully saturated rings. The molecule has 0 N–H and O–H groups in total. The molecule has 1 aliphatic heterocycles. The lowest BCUT2D eigenvalue weighted by Crippen LogP contribution is -2.49. The van der Waals surface area contributed by atoms with Gasteiger partial charge < -0.3 is 0 Å². The third kappa shape index (κ3) is 3.66. The largest absolute Gasteiger partial charge is 0.288 e. The Hall–Kier alpha value is -0.890. The Labute approximate surface area is 133 Å². The molecular weight excluding hydrogens is 337 g/mol. The number of amides is 1. The third-order valence-corrected chi connectivity index (χ3v) is 5.47. The summed E-state index contributed by atoms with van der Waals surface area (Å²) in [5, 5.41) is 3.25. The van der Waals surface area contributed by atoms with Crippen LogP contribution < -0.4 is 0 Å². The van der Waals surface area contributed by atoms with Crippen LogP contribution in [-0.4, -0.2) is 61.0 Å². The highest BCUT2D eigenvalue weighted by atomic mass is 35.5. The van der Waals surface area contributed by atoms with Crippen molar-refractivity contribution in [3.05, 3.63) is 28.0 Å². The van der Waals surface area contributed by atoms with Crippen molar-refractivity contribution in [1.29, 1.82) is 0 Å². The van der Waals surface area contributed by atoms with Crippen molar-refractivity contribution >= 4 is 38.9 Å². The number of carbonyl (C=O) groups is 1. The fourth-order valence-electron chi connectivity index (χ4n) is 2.32. The minimum atomic E-state index is -3.11. The number of hydrogen-bond acceptors (Lipinski definition) is 5. The molecule has 0 saturated carbocycles. The van der Waals surface area contributed by atoms with Crippen molar-refractivity contribution in [3.8, 4) is 0 Å². The average molecular weight is 352 g/mol. The van der Waals surface area contributed by atoms with Crippen molar-refractivity contribution in [2.24, 2.45) is 0 Å². The Kier molecular flexibility index (Phi) is 4.77. The third-order valence-electron chi connectivity index (χ3n) is 3.21. The van der Waals surface area contributed by atoms with Gasteiger partial charge in [0.15, 0.2) is 9.84 Å². The molecule has 0 aromatic carbocycles. The number of rotatable bonds is 3. The molecule has 1 aliphatic rings. The van der Waals surface area contributed by atoms with Crippen LogP contribution in [0.5, 0.6) is 0 Å². The first kappa shape index (κ1) is 16.5. The second-order valence-electron chi connectivity index (χ2n) is 5.02. The quantitative estimate of drug-likeness (QED) is 0.609. The van der Waals surface area contributed by atoms with Gasteiger partial charge in [0.1, 0.15) is 10.8 Å². The number of nitrogens with zero attached hydrogens (tertiary/aromatic N) is 3. The second-order valence-corrected chi connectivity index (χ2v) is 8.04. The molecule has 9 heteroatoms. The maximum atomic E-state index is 12.6. The minimum absolute atomic E-state index is 0.0159. The van der Waals surface area contributed by atoms with Gasteiger partial charge in [-0.15, -0.1) is 0 Å². The summed E-state index contributed by atoms with van der Waals surface area (Å²) in [6, 6.07) is 2.55. The molecule has 21 heavy (non-hydrogen) atoms. The number of pyridine rings is 1. The molecule has 2 rings (SSSR count). The van der Waals surface area contributed by atoms with E-state index < -0.39 is 21.8 Å². The maximum absolute atomic E-state index is 12.6. The van der Waals surface area contributed by atoms with Crippen LogP contribution in [0, 0.1) is 0 Å². The molecule has 1 aromatic rings. The molecule has 1 unspecified atom stereocenters. The topological polar surface area (TPSA) is 70.6 Å². The SMILES string of the molecule is CN(C)N(C(=O)c1nc(Cl)ccc1Cl)C1CCS(=O)(=O)C1. The first-order valence-corrected chi connectivity index (χ1v) is 8.82. The van der Waals surface area contributed by atoms with E-state index in [-0.39, 0.29) is 27.4 Å². The fraction of sp³-hybridized carbons (Fsp3) is 0.500. The summed E-state index contributed by atoms with van der Waals surface area (Å²) in [5.74, 6) is -0.448. The highest BCUT2D eigenvalue weighted by Gasteiger charge is 2.37. The predicted molar refractivity (Wildman–Crippen MR) is 81.2 cm³/mol. The monoisotopic (exact) mass is 351 g/mol. The molecule has 0 spiro atoms. The van der Waals surface area contributed by atoms with E-state index in [0.717, 1.165) is 0 Å². The molecule has 2 heterocycles. The number of hydrogen-bond donors (Lipinski definition) is 0. The highest BCUT2D eigenvalue weighted by Crippen LogP contribution is 2.24. The second kappa shape index (κ2) is 6.08. The molecule has 1 aromatic heterocycles. The number of sulfone groups is 1. The minimum Gasteiger partial charge on any atom is -0.266 e. The van der Waals surface area contributed by atoms with E-state index in [1.807, 2.05) is 0 Å². The summed E-state index contributed by atoms with van der Waals surface area (Å²) in [5.41, 5.74) is 0.0159. The number of hydrazine groups is 1. The first-order chi connectivity index (χ1) is 9.71. The van der Waals surface area contributed by atoms with Gasteiger partial charge >= 0.3 is 0 Å². The summed E-state index contributed by atoms with van der Waals surface area (Å²) >= 11 is 11.8. The van der Waals surface area contributed by atoms with E-state index in [1.165, 1.54) is 17.1 Å². The first-order valence-electron chi connectivity index (χ1n) is 6.24. The fourth-order valence-corrected chi connectivity index (χ4v) is 4.34. The standard InChI is InChI=1S/C12H15Cl2N3O3S/c1-16(2)17(8-5-6-21(19,20)7-8)12(18)11-9(13)3-4-10(14)15-11/h3-4,8H,5-7H2,1-2H3. The van der Waals surface area contributed by atoms with E-state index in [1.54, 1.807) is 19.1 Å². The lowest BCUT2D eigenvalue weighted by molar-refractivity contribution is 0.000489. The molecule has 1 atom stereocenters. The highest BCUT2D eigenvalue weighted by molar-refractivity contribution is 7.91. The van der Waals surface area contributed by atoms with Crippen LogP contribution in [-0.2, 0) is 9.84 Å². The zero-order valence-corrected chi connectivity index (χ0v) is 13.9. The molecule has 1 saturated heterocycles. The van der Waals surface area contributed by atoms with E-state index in [9.17, 15) is 13.2 Å². The van der Waals surface area contributed by atoms with Crippen LogP contribution in [0.15, 0.2) is 12.1 Å². The van der Waals surface area contributed by atoms with Gasteiger partial charge in [-0.2, -0.15) is 0 Å². The van der Waals surface area contributed by atoms with Gasteiger partial charge in [-0.25, -0.2) is 18.4 Å². The summed E-state index contributed by atoms with van der Waals surface area (Å²) in [4.78, 5) is 16.6. The van der Waals surface area contributed by atoms with Crippen molar-refractivity contribution in [2.75, 3.05) is 25.6 Å². The van der Waals surface area contributed by atoms with Crippen molar-refractivity contribution in [3.63, 3.8) is 0 Å². The van der Waals surface area contributed by atoms with Crippen LogP contribution in [0.1, 0.15) is 16.9 Å². The Morgan fingerprint density at radius 1 is 1.33 bits per heavy atom. The van der Waals surface area contributed by atoms with Gasteiger partial charge in [0, 0.05) is 14.1 Å². The van der Waals surface area contributed by atoms with Gasteiger partial charge in [0.05, 0.1) is 22.6 Å². The molecule has 0 radical (unpaired) electrons. The lowest BCUT2D eigenvalue weighted by Gasteiger charge is -2.33. The Morgan fingerprint density at radius 3 is 2.52 bits per heavy atom. The van der Waals surface area contributed by atoms with Crippen LogP contribution in [0.4, 0.5) is 0 Å². The average Bonchev–Trinajstić information content (AvgIpc) is 2.72. The Morgan fingerprint density at radius 2 is 2.00 bits per heavy atom. The number of carbonyl (C=O) groups excluding carboxylic acids is 1. The van der Waals surface area contributed by atoms with E-state index in [0.29, 0.717) is 6.42 Å². The van der Waals surface area contributed by atoms with E-state index in [2.05, 4.69) is 4.98 Å². The van der Waals surface area contributed by atoms with E-state index >= 15 is 0 Å². The molecule has 6 nitrogen and oxygen atoms in total. The van der Waals surface area contributed by atoms with Crippen molar-refractivity contribution < 1.29 is 13.2 Å². The van der Waals surface area contributed by atoms with Crippen molar-refractivity contribution in [1.82, 2.24) is 15.0 Å². The Balaban J connectivity index is 2.35. The number of aromatic nitrogens is 1. The normalized spacial score (nSPS) is 20.7. The van der Waals surface area contributed by atoms with Gasteiger partial charge in [0.2, 0.25) is 0 Å². The summed E-state index contributed by atoms with van der Waals surface area (Å²) in [6.07, 6.45) is 0.393. The zero-order chi connectivity index (χ0) is 15.8. The van der Waals surface area contributed by atoms with E-state index in [4.69, 9.17) is 23.2 Å². The lowest BCUT2D eigenvalue weighted by atomic mass is 10.2. The summed E-state index contributed by atoms with van der Waals surface area (Å²) < 4.78 is 23.3. The number of halogens is 2. The summed E-state index contributed by atoms with van der Waals surface area (Å²) in [7, 11) is 0.228. The van der Waals surface area contributed by atoms with Crippen LogP contribution in [0.2, 0.25) is 10.2 Å². The molecular formula is C12H15Cl2N3O3S. The van der Waals surface area contributed by atoms with Gasteiger partial charge in [-0.05, 0) is 18.6 Å².